The monoisotopic (exact) mass is 542 g/mol. The van der Waals surface area contributed by atoms with Crippen molar-refractivity contribution in [2.24, 2.45) is 15.4 Å². The molecule has 3 aliphatic heterocycles. The molecule has 1 fully saturated rings. The minimum atomic E-state index is -1.01. The summed E-state index contributed by atoms with van der Waals surface area (Å²) in [6, 6.07) is 21.2. The molecular formula is C28H23ClN6O4. The van der Waals surface area contributed by atoms with Gasteiger partial charge in [0.25, 0.3) is 17.7 Å². The fraction of sp³-hybridized carbons (Fsp3) is 0.214. The molecule has 0 aliphatic carbocycles. The first-order valence-corrected chi connectivity index (χ1v) is 12.7. The van der Waals surface area contributed by atoms with Crippen LogP contribution in [0.3, 0.4) is 0 Å². The van der Waals surface area contributed by atoms with Crippen molar-refractivity contribution >= 4 is 40.7 Å². The van der Waals surface area contributed by atoms with Crippen LogP contribution in [0.5, 0.6) is 5.75 Å². The van der Waals surface area contributed by atoms with E-state index in [0.717, 1.165) is 21.7 Å². The summed E-state index contributed by atoms with van der Waals surface area (Å²) >= 11 is 5.96. The first-order chi connectivity index (χ1) is 18.9. The minimum absolute atomic E-state index is 0.267. The number of amides is 3. The molecule has 0 N–H and O–H groups in total. The quantitative estimate of drug-likeness (QED) is 0.437. The molecule has 196 valence electrons. The molecule has 0 bridgehead atoms. The Labute approximate surface area is 229 Å². The van der Waals surface area contributed by atoms with E-state index in [1.165, 1.54) is 10.0 Å². The van der Waals surface area contributed by atoms with E-state index in [1.54, 1.807) is 31.4 Å². The molecule has 10 nitrogen and oxygen atoms in total. The summed E-state index contributed by atoms with van der Waals surface area (Å²) in [6.45, 7) is -0.267. The van der Waals surface area contributed by atoms with Crippen LogP contribution in [0.2, 0.25) is 5.02 Å². The zero-order valence-electron chi connectivity index (χ0n) is 20.8. The molecule has 3 aromatic rings. The van der Waals surface area contributed by atoms with E-state index in [-0.39, 0.29) is 18.5 Å². The number of hydrazone groups is 1. The summed E-state index contributed by atoms with van der Waals surface area (Å²) in [6.07, 6.45) is 0.511. The molecule has 0 aromatic heterocycles. The molecule has 0 saturated carbocycles. The molecule has 39 heavy (non-hydrogen) atoms. The number of carbonyl (C=O) groups excluding carboxylic acids is 3. The van der Waals surface area contributed by atoms with Gasteiger partial charge in [0.15, 0.2) is 12.1 Å². The third-order valence-corrected chi connectivity index (χ3v) is 7.27. The van der Waals surface area contributed by atoms with E-state index in [9.17, 15) is 14.4 Å². The van der Waals surface area contributed by atoms with Gasteiger partial charge in [-0.05, 0) is 47.5 Å². The number of benzene rings is 3. The van der Waals surface area contributed by atoms with Crippen LogP contribution in [0.1, 0.15) is 23.6 Å². The summed E-state index contributed by atoms with van der Waals surface area (Å²) in [5, 5.41) is 16.0. The van der Waals surface area contributed by atoms with Gasteiger partial charge in [0.05, 0.1) is 24.6 Å². The maximum absolute atomic E-state index is 13.7. The fourth-order valence-electron chi connectivity index (χ4n) is 5.04. The van der Waals surface area contributed by atoms with Crippen LogP contribution in [-0.4, -0.2) is 59.2 Å². The van der Waals surface area contributed by atoms with Crippen molar-refractivity contribution in [2.45, 2.75) is 24.5 Å². The number of hydrogen-bond donors (Lipinski definition) is 0. The Balaban J connectivity index is 1.25. The second kappa shape index (κ2) is 9.95. The van der Waals surface area contributed by atoms with Crippen LogP contribution in [0.4, 0.5) is 5.69 Å². The predicted molar refractivity (Wildman–Crippen MR) is 143 cm³/mol. The van der Waals surface area contributed by atoms with Gasteiger partial charge >= 0.3 is 0 Å². The molecule has 0 spiro atoms. The lowest BCUT2D eigenvalue weighted by Gasteiger charge is -2.25. The van der Waals surface area contributed by atoms with Crippen molar-refractivity contribution in [2.75, 3.05) is 18.6 Å². The van der Waals surface area contributed by atoms with Crippen LogP contribution in [0, 0.1) is 0 Å². The highest BCUT2D eigenvalue weighted by molar-refractivity contribution is 6.31. The van der Waals surface area contributed by atoms with Crippen LogP contribution >= 0.6 is 11.6 Å². The summed E-state index contributed by atoms with van der Waals surface area (Å²) < 4.78 is 5.28. The Bertz CT molecular complexity index is 1490. The van der Waals surface area contributed by atoms with Gasteiger partial charge in [0.1, 0.15) is 12.3 Å². The molecule has 3 aliphatic rings. The minimum Gasteiger partial charge on any atom is -0.497 e. The first kappa shape index (κ1) is 24.7. The van der Waals surface area contributed by atoms with Gasteiger partial charge in [-0.2, -0.15) is 10.2 Å². The van der Waals surface area contributed by atoms with E-state index in [1.807, 2.05) is 54.6 Å². The lowest BCUT2D eigenvalue weighted by Crippen LogP contribution is -2.44. The molecular weight excluding hydrogens is 520 g/mol. The van der Waals surface area contributed by atoms with Gasteiger partial charge in [0.2, 0.25) is 0 Å². The van der Waals surface area contributed by atoms with E-state index in [0.29, 0.717) is 22.9 Å². The third kappa shape index (κ3) is 4.42. The van der Waals surface area contributed by atoms with Crippen molar-refractivity contribution in [3.63, 3.8) is 0 Å². The normalized spacial score (nSPS) is 21.9. The Kier molecular flexibility index (Phi) is 6.32. The number of fused-ring (bicyclic) bond motifs is 1. The molecule has 3 aromatic carbocycles. The third-order valence-electron chi connectivity index (χ3n) is 7.01. The smallest absolute Gasteiger partial charge is 0.264 e. The highest BCUT2D eigenvalue weighted by Gasteiger charge is 2.55. The molecule has 11 heteroatoms. The largest absolute Gasteiger partial charge is 0.497 e. The van der Waals surface area contributed by atoms with Gasteiger partial charge in [-0.25, -0.2) is 9.91 Å². The highest BCUT2D eigenvalue weighted by Crippen LogP contribution is 2.36. The first-order valence-electron chi connectivity index (χ1n) is 12.3. The summed E-state index contributed by atoms with van der Waals surface area (Å²) in [7, 11) is 1.60. The lowest BCUT2D eigenvalue weighted by molar-refractivity contribution is -0.135. The highest BCUT2D eigenvalue weighted by atomic mass is 35.5. The van der Waals surface area contributed by atoms with Gasteiger partial charge < -0.3 is 4.74 Å². The van der Waals surface area contributed by atoms with Crippen LogP contribution < -0.4 is 9.64 Å². The van der Waals surface area contributed by atoms with Crippen molar-refractivity contribution < 1.29 is 19.1 Å². The van der Waals surface area contributed by atoms with E-state index in [2.05, 4.69) is 15.4 Å². The summed E-state index contributed by atoms with van der Waals surface area (Å²) in [4.78, 5) is 41.1. The number of nitrogens with zero attached hydrogens (tertiary/aromatic N) is 6. The molecule has 0 unspecified atom stereocenters. The molecule has 3 heterocycles. The van der Waals surface area contributed by atoms with Crippen molar-refractivity contribution in [3.05, 3.63) is 95.0 Å². The predicted octanol–water partition coefficient (Wildman–Crippen LogP) is 4.02. The number of imide groups is 1. The number of ether oxygens (including phenoxy) is 1. The van der Waals surface area contributed by atoms with Crippen molar-refractivity contribution in [3.8, 4) is 5.75 Å². The topological polar surface area (TPSA) is 107 Å². The van der Waals surface area contributed by atoms with E-state index >= 15 is 0 Å². The number of hydrogen-bond acceptors (Lipinski definition) is 8. The van der Waals surface area contributed by atoms with E-state index < -0.39 is 23.9 Å². The number of methoxy groups -OCH3 is 1. The van der Waals surface area contributed by atoms with Gasteiger partial charge in [-0.3, -0.25) is 19.4 Å². The fourth-order valence-corrected chi connectivity index (χ4v) is 5.17. The van der Waals surface area contributed by atoms with E-state index in [4.69, 9.17) is 16.3 Å². The van der Waals surface area contributed by atoms with Crippen LogP contribution in [0.15, 0.2) is 94.3 Å². The number of anilines is 1. The molecule has 3 atom stereocenters. The summed E-state index contributed by atoms with van der Waals surface area (Å²) in [5.74, 6) is -0.650. The second-order valence-electron chi connectivity index (χ2n) is 9.32. The van der Waals surface area contributed by atoms with Gasteiger partial charge in [-0.15, -0.1) is 0 Å². The van der Waals surface area contributed by atoms with Gasteiger partial charge in [-0.1, -0.05) is 59.3 Å². The van der Waals surface area contributed by atoms with Gasteiger partial charge in [0, 0.05) is 11.4 Å². The number of halogens is 1. The van der Waals surface area contributed by atoms with Crippen molar-refractivity contribution in [1.82, 2.24) is 10.0 Å². The zero-order chi connectivity index (χ0) is 27.1. The molecule has 6 rings (SSSR count). The lowest BCUT2D eigenvalue weighted by atomic mass is 9.98. The maximum atomic E-state index is 13.7. The standard InChI is InChI=1S/C28H23ClN6O4/c1-39-21-13-7-18(8-14-21)23-15-22(17-5-3-2-4-6-17)31-35(23)24(36)16-33-26-25(30-32-33)27(37)34(28(26)38)20-11-9-19(29)10-12-20/h2-14,23,25-26H,15-16H2,1H3/t23-,25-,26+/m0/s1. The Morgan fingerprint density at radius 3 is 2.38 bits per heavy atom. The molecule has 1 saturated heterocycles. The van der Waals surface area contributed by atoms with Crippen LogP contribution in [-0.2, 0) is 14.4 Å². The second-order valence-corrected chi connectivity index (χ2v) is 9.76. The Morgan fingerprint density at radius 2 is 1.69 bits per heavy atom. The van der Waals surface area contributed by atoms with Crippen LogP contribution in [0.25, 0.3) is 0 Å². The SMILES string of the molecule is COc1ccc([C@@H]2CC(c3ccccc3)=NN2C(=O)CN2N=N[C@@H]3C(=O)N(c4ccc(Cl)cc4)C(=O)[C@@H]32)cc1. The Hall–Kier alpha value is -4.57. The molecule has 0 radical (unpaired) electrons. The Morgan fingerprint density at radius 1 is 0.974 bits per heavy atom. The zero-order valence-corrected chi connectivity index (χ0v) is 21.6. The number of carbonyl (C=O) groups is 3. The number of rotatable bonds is 6. The maximum Gasteiger partial charge on any atom is 0.264 e. The molecule has 3 amide bonds. The van der Waals surface area contributed by atoms with Crippen molar-refractivity contribution in [1.29, 1.82) is 0 Å². The average molecular weight is 543 g/mol. The average Bonchev–Trinajstić information content (AvgIpc) is 3.65. The summed E-state index contributed by atoms with van der Waals surface area (Å²) in [5.41, 5.74) is 2.97.